The lowest BCUT2D eigenvalue weighted by Gasteiger charge is -2.14. The molecule has 0 amide bonds. The molecule has 3 heteroatoms. The first-order chi connectivity index (χ1) is 8.08. The van der Waals surface area contributed by atoms with Crippen LogP contribution >= 0.6 is 15.9 Å². The topological polar surface area (TPSA) is 35.2 Å². The Morgan fingerprint density at radius 3 is 2.65 bits per heavy atom. The fraction of sp³-hybridized carbons (Fsp3) is 0.571. The molecule has 2 N–H and O–H groups in total. The van der Waals surface area contributed by atoms with E-state index in [2.05, 4.69) is 41.9 Å². The number of ether oxygens (including phenoxy) is 1. The van der Waals surface area contributed by atoms with Crippen LogP contribution in [0.2, 0.25) is 0 Å². The van der Waals surface area contributed by atoms with Crippen LogP contribution in [0.4, 0.5) is 0 Å². The normalized spacial score (nSPS) is 12.5. The lowest BCUT2D eigenvalue weighted by atomic mass is 9.97. The summed E-state index contributed by atoms with van der Waals surface area (Å²) in [5, 5.41) is 0. The Kier molecular flexibility index (Phi) is 6.00. The summed E-state index contributed by atoms with van der Waals surface area (Å²) in [6.07, 6.45) is 3.29. The van der Waals surface area contributed by atoms with Gasteiger partial charge in [0.2, 0.25) is 0 Å². The van der Waals surface area contributed by atoms with Crippen molar-refractivity contribution in [2.75, 3.05) is 13.7 Å². The van der Waals surface area contributed by atoms with Gasteiger partial charge in [0.15, 0.2) is 0 Å². The zero-order valence-corrected chi connectivity index (χ0v) is 12.5. The highest BCUT2D eigenvalue weighted by atomic mass is 79.9. The van der Waals surface area contributed by atoms with E-state index in [1.54, 1.807) is 7.11 Å². The SMILES string of the molecule is COc1cc(C)c(Br)cc1CCC(C)CCN. The Bertz CT molecular complexity index is 365. The molecule has 0 saturated heterocycles. The van der Waals surface area contributed by atoms with E-state index in [-0.39, 0.29) is 0 Å². The van der Waals surface area contributed by atoms with Crippen molar-refractivity contribution in [2.45, 2.75) is 33.1 Å². The lowest BCUT2D eigenvalue weighted by Crippen LogP contribution is -2.07. The molecule has 0 fully saturated rings. The lowest BCUT2D eigenvalue weighted by molar-refractivity contribution is 0.405. The number of aryl methyl sites for hydroxylation is 2. The molecule has 0 aliphatic heterocycles. The zero-order chi connectivity index (χ0) is 12.8. The van der Waals surface area contributed by atoms with Gasteiger partial charge in [-0.25, -0.2) is 0 Å². The third kappa shape index (κ3) is 4.32. The highest BCUT2D eigenvalue weighted by Gasteiger charge is 2.08. The molecule has 0 spiro atoms. The molecule has 1 unspecified atom stereocenters. The fourth-order valence-electron chi connectivity index (χ4n) is 1.91. The van der Waals surface area contributed by atoms with Gasteiger partial charge in [-0.15, -0.1) is 0 Å². The molecular weight excluding hydrogens is 278 g/mol. The summed E-state index contributed by atoms with van der Waals surface area (Å²) in [7, 11) is 1.73. The van der Waals surface area contributed by atoms with Crippen LogP contribution in [-0.2, 0) is 6.42 Å². The number of hydrogen-bond acceptors (Lipinski definition) is 2. The van der Waals surface area contributed by atoms with Crippen LogP contribution in [0, 0.1) is 12.8 Å². The molecule has 0 aliphatic carbocycles. The van der Waals surface area contributed by atoms with E-state index >= 15 is 0 Å². The van der Waals surface area contributed by atoms with Crippen molar-refractivity contribution in [3.05, 3.63) is 27.7 Å². The predicted octanol–water partition coefficient (Wildman–Crippen LogP) is 3.68. The average molecular weight is 300 g/mol. The molecule has 0 aliphatic rings. The molecule has 2 nitrogen and oxygen atoms in total. The summed E-state index contributed by atoms with van der Waals surface area (Å²) in [6, 6.07) is 4.26. The number of hydrogen-bond donors (Lipinski definition) is 1. The van der Waals surface area contributed by atoms with Crippen molar-refractivity contribution >= 4 is 15.9 Å². The van der Waals surface area contributed by atoms with Crippen LogP contribution in [-0.4, -0.2) is 13.7 Å². The summed E-state index contributed by atoms with van der Waals surface area (Å²) < 4.78 is 6.58. The number of methoxy groups -OCH3 is 1. The largest absolute Gasteiger partial charge is 0.496 e. The monoisotopic (exact) mass is 299 g/mol. The standard InChI is InChI=1S/C14H22BrNO/c1-10(6-7-16)4-5-12-9-13(15)11(2)8-14(12)17-3/h8-10H,4-7,16H2,1-3H3. The van der Waals surface area contributed by atoms with Gasteiger partial charge in [-0.1, -0.05) is 22.9 Å². The molecule has 1 aromatic rings. The van der Waals surface area contributed by atoms with E-state index in [9.17, 15) is 0 Å². The minimum Gasteiger partial charge on any atom is -0.496 e. The van der Waals surface area contributed by atoms with Gasteiger partial charge < -0.3 is 10.5 Å². The summed E-state index contributed by atoms with van der Waals surface area (Å²) in [6.45, 7) is 5.10. The summed E-state index contributed by atoms with van der Waals surface area (Å²) in [5.74, 6) is 1.66. The van der Waals surface area contributed by atoms with E-state index in [1.807, 2.05) is 0 Å². The molecular formula is C14H22BrNO. The fourth-order valence-corrected chi connectivity index (χ4v) is 2.30. The maximum absolute atomic E-state index is 5.57. The van der Waals surface area contributed by atoms with E-state index in [1.165, 1.54) is 11.1 Å². The van der Waals surface area contributed by atoms with Crippen LogP contribution in [0.15, 0.2) is 16.6 Å². The maximum Gasteiger partial charge on any atom is 0.122 e. The average Bonchev–Trinajstić information content (AvgIpc) is 2.30. The van der Waals surface area contributed by atoms with Crippen LogP contribution < -0.4 is 10.5 Å². The molecule has 0 radical (unpaired) electrons. The Hall–Kier alpha value is -0.540. The maximum atomic E-state index is 5.57. The van der Waals surface area contributed by atoms with Crippen molar-refractivity contribution < 1.29 is 4.74 Å². The summed E-state index contributed by atoms with van der Waals surface area (Å²) in [5.41, 5.74) is 8.05. The Labute approximate surface area is 113 Å². The number of nitrogens with two attached hydrogens (primary N) is 1. The molecule has 1 rings (SSSR count). The zero-order valence-electron chi connectivity index (χ0n) is 10.9. The van der Waals surface area contributed by atoms with E-state index in [4.69, 9.17) is 10.5 Å². The molecule has 0 bridgehead atoms. The van der Waals surface area contributed by atoms with Crippen LogP contribution in [0.3, 0.4) is 0 Å². The Balaban J connectivity index is 2.72. The minimum atomic E-state index is 0.671. The predicted molar refractivity (Wildman–Crippen MR) is 76.6 cm³/mol. The second kappa shape index (κ2) is 7.02. The summed E-state index contributed by atoms with van der Waals surface area (Å²) >= 11 is 3.57. The van der Waals surface area contributed by atoms with Gasteiger partial charge in [0.05, 0.1) is 7.11 Å². The van der Waals surface area contributed by atoms with Crippen molar-refractivity contribution in [1.82, 2.24) is 0 Å². The third-order valence-corrected chi connectivity index (χ3v) is 3.98. The molecule has 1 aromatic carbocycles. The van der Waals surface area contributed by atoms with Crippen molar-refractivity contribution in [3.8, 4) is 5.75 Å². The minimum absolute atomic E-state index is 0.671. The van der Waals surface area contributed by atoms with E-state index in [0.29, 0.717) is 5.92 Å². The Morgan fingerprint density at radius 1 is 1.35 bits per heavy atom. The van der Waals surface area contributed by atoms with Gasteiger partial charge in [0.1, 0.15) is 5.75 Å². The number of halogens is 1. The first-order valence-electron chi connectivity index (χ1n) is 6.11. The summed E-state index contributed by atoms with van der Waals surface area (Å²) in [4.78, 5) is 0. The quantitative estimate of drug-likeness (QED) is 0.869. The van der Waals surface area contributed by atoms with Crippen LogP contribution in [0.5, 0.6) is 5.75 Å². The number of benzene rings is 1. The first-order valence-corrected chi connectivity index (χ1v) is 6.90. The highest BCUT2D eigenvalue weighted by molar-refractivity contribution is 9.10. The first kappa shape index (κ1) is 14.5. The van der Waals surface area contributed by atoms with E-state index < -0.39 is 0 Å². The van der Waals surface area contributed by atoms with Crippen molar-refractivity contribution in [2.24, 2.45) is 11.7 Å². The smallest absolute Gasteiger partial charge is 0.122 e. The third-order valence-electron chi connectivity index (χ3n) is 3.13. The van der Waals surface area contributed by atoms with Crippen molar-refractivity contribution in [3.63, 3.8) is 0 Å². The van der Waals surface area contributed by atoms with Gasteiger partial charge >= 0.3 is 0 Å². The Morgan fingerprint density at radius 2 is 2.06 bits per heavy atom. The number of rotatable bonds is 6. The molecule has 1 atom stereocenters. The molecule has 0 saturated carbocycles. The van der Waals surface area contributed by atoms with Gasteiger partial charge in [0.25, 0.3) is 0 Å². The molecule has 0 heterocycles. The second-order valence-corrected chi connectivity index (χ2v) is 5.49. The molecule has 96 valence electrons. The van der Waals surface area contributed by atoms with E-state index in [0.717, 1.165) is 36.0 Å². The van der Waals surface area contributed by atoms with Gasteiger partial charge in [-0.3, -0.25) is 0 Å². The molecule has 17 heavy (non-hydrogen) atoms. The second-order valence-electron chi connectivity index (χ2n) is 4.63. The van der Waals surface area contributed by atoms with Crippen LogP contribution in [0.1, 0.15) is 30.9 Å². The highest BCUT2D eigenvalue weighted by Crippen LogP contribution is 2.28. The van der Waals surface area contributed by atoms with Gasteiger partial charge in [-0.2, -0.15) is 0 Å². The molecule has 0 aromatic heterocycles. The van der Waals surface area contributed by atoms with Crippen molar-refractivity contribution in [1.29, 1.82) is 0 Å². The van der Waals surface area contributed by atoms with Gasteiger partial charge in [0, 0.05) is 4.47 Å². The van der Waals surface area contributed by atoms with Crippen LogP contribution in [0.25, 0.3) is 0 Å². The van der Waals surface area contributed by atoms with Gasteiger partial charge in [-0.05, 0) is 61.9 Å².